The summed E-state index contributed by atoms with van der Waals surface area (Å²) in [4.78, 5) is 25.6. The summed E-state index contributed by atoms with van der Waals surface area (Å²) < 4.78 is 5.28. The van der Waals surface area contributed by atoms with Crippen molar-refractivity contribution in [2.75, 3.05) is 13.6 Å². The summed E-state index contributed by atoms with van der Waals surface area (Å²) in [5, 5.41) is 3.17. The Bertz CT molecular complexity index is 495. The minimum Gasteiger partial charge on any atom is -0.444 e. The molecule has 3 atom stereocenters. The monoisotopic (exact) mass is 324 g/mol. The number of nitrogens with zero attached hydrogens (tertiary/aromatic N) is 1. The maximum Gasteiger partial charge on any atom is 0.410 e. The van der Waals surface area contributed by atoms with Crippen LogP contribution in [0.5, 0.6) is 0 Å². The number of nitrogens with one attached hydrogen (secondary N) is 1. The van der Waals surface area contributed by atoms with E-state index in [2.05, 4.69) is 26.1 Å². The number of ether oxygens (including phenoxy) is 1. The molecular formula is C18H32N2O3. The Hall–Kier alpha value is -1.26. The van der Waals surface area contributed by atoms with Crippen molar-refractivity contribution in [3.63, 3.8) is 0 Å². The van der Waals surface area contributed by atoms with Crippen LogP contribution >= 0.6 is 0 Å². The highest BCUT2D eigenvalue weighted by Crippen LogP contribution is 2.65. The molecule has 2 aliphatic carbocycles. The first kappa shape index (κ1) is 18.1. The molecule has 2 amide bonds. The quantitative estimate of drug-likeness (QED) is 0.867. The number of rotatable bonds is 3. The van der Waals surface area contributed by atoms with Gasteiger partial charge in [-0.15, -0.1) is 0 Å². The molecule has 1 N–H and O–H groups in total. The van der Waals surface area contributed by atoms with E-state index in [4.69, 9.17) is 4.74 Å². The van der Waals surface area contributed by atoms with Crippen LogP contribution in [0.15, 0.2) is 0 Å². The summed E-state index contributed by atoms with van der Waals surface area (Å²) in [5.41, 5.74) is -0.135. The van der Waals surface area contributed by atoms with Gasteiger partial charge in [0.1, 0.15) is 12.1 Å². The normalized spacial score (nSPS) is 31.8. The Labute approximate surface area is 140 Å². The lowest BCUT2D eigenvalue weighted by Gasteiger charge is -2.39. The Kier molecular flexibility index (Phi) is 4.46. The molecule has 2 saturated carbocycles. The van der Waals surface area contributed by atoms with Crippen LogP contribution in [0.25, 0.3) is 0 Å². The zero-order valence-corrected chi connectivity index (χ0v) is 15.7. The average molecular weight is 324 g/mol. The third-order valence-corrected chi connectivity index (χ3v) is 6.22. The van der Waals surface area contributed by atoms with E-state index in [1.54, 1.807) is 7.05 Å². The number of hydrogen-bond acceptors (Lipinski definition) is 3. The zero-order valence-electron chi connectivity index (χ0n) is 15.7. The molecule has 2 rings (SSSR count). The molecule has 5 nitrogen and oxygen atoms in total. The fourth-order valence-corrected chi connectivity index (χ4v) is 4.28. The van der Waals surface area contributed by atoms with Crippen molar-refractivity contribution in [3.8, 4) is 0 Å². The van der Waals surface area contributed by atoms with Gasteiger partial charge in [0.15, 0.2) is 0 Å². The van der Waals surface area contributed by atoms with E-state index in [9.17, 15) is 9.59 Å². The Morgan fingerprint density at radius 1 is 1.26 bits per heavy atom. The van der Waals surface area contributed by atoms with Crippen LogP contribution in [0.3, 0.4) is 0 Å². The molecule has 0 heterocycles. The summed E-state index contributed by atoms with van der Waals surface area (Å²) in [5.74, 6) is 0.578. The van der Waals surface area contributed by atoms with Crippen LogP contribution in [-0.4, -0.2) is 42.1 Å². The van der Waals surface area contributed by atoms with Gasteiger partial charge in [0.25, 0.3) is 0 Å². The van der Waals surface area contributed by atoms with Crippen LogP contribution < -0.4 is 5.32 Å². The van der Waals surface area contributed by atoms with Crippen LogP contribution in [0.2, 0.25) is 0 Å². The molecular weight excluding hydrogens is 292 g/mol. The highest BCUT2D eigenvalue weighted by molar-refractivity contribution is 5.82. The lowest BCUT2D eigenvalue weighted by molar-refractivity contribution is -0.123. The lowest BCUT2D eigenvalue weighted by Crippen LogP contribution is -2.50. The van der Waals surface area contributed by atoms with E-state index in [0.717, 1.165) is 12.8 Å². The van der Waals surface area contributed by atoms with Crippen molar-refractivity contribution in [3.05, 3.63) is 0 Å². The number of hydrogen-bond donors (Lipinski definition) is 1. The highest BCUT2D eigenvalue weighted by atomic mass is 16.6. The van der Waals surface area contributed by atoms with E-state index in [1.807, 2.05) is 20.8 Å². The van der Waals surface area contributed by atoms with Gasteiger partial charge in [-0.1, -0.05) is 20.8 Å². The SMILES string of the molecule is CN(CC(=O)N[C@@H]1C[C@H]2CC[C@]1(C)C2(C)C)C(=O)OC(C)(C)C. The molecule has 5 heteroatoms. The zero-order chi connectivity index (χ0) is 17.6. The van der Waals surface area contributed by atoms with Crippen molar-refractivity contribution in [2.24, 2.45) is 16.7 Å². The minimum atomic E-state index is -0.552. The summed E-state index contributed by atoms with van der Waals surface area (Å²) in [7, 11) is 1.60. The molecule has 0 aromatic heterocycles. The Morgan fingerprint density at radius 2 is 1.87 bits per heavy atom. The standard InChI is InChI=1S/C18H32N2O3/c1-16(2,3)23-15(22)20(7)11-14(21)19-13-10-12-8-9-18(13,6)17(12,4)5/h12-13H,8-11H2,1-7H3,(H,19,21)/t12-,13-,18+/m1/s1. The van der Waals surface area contributed by atoms with Crippen LogP contribution in [0.1, 0.15) is 60.8 Å². The maximum absolute atomic E-state index is 12.3. The van der Waals surface area contributed by atoms with E-state index >= 15 is 0 Å². The molecule has 0 radical (unpaired) electrons. The number of fused-ring (bicyclic) bond motifs is 2. The fraction of sp³-hybridized carbons (Fsp3) is 0.889. The summed E-state index contributed by atoms with van der Waals surface area (Å²) >= 11 is 0. The number of carbonyl (C=O) groups is 2. The van der Waals surface area contributed by atoms with Gasteiger partial charge >= 0.3 is 6.09 Å². The molecule has 2 fully saturated rings. The lowest BCUT2D eigenvalue weighted by atomic mass is 9.69. The smallest absolute Gasteiger partial charge is 0.410 e. The topological polar surface area (TPSA) is 58.6 Å². The van der Waals surface area contributed by atoms with Crippen molar-refractivity contribution in [2.45, 2.75) is 72.4 Å². The molecule has 0 aromatic carbocycles. The van der Waals surface area contributed by atoms with Gasteiger partial charge in [0.2, 0.25) is 5.91 Å². The summed E-state index contributed by atoms with van der Waals surface area (Å²) in [6.07, 6.45) is 3.00. The third kappa shape index (κ3) is 3.33. The van der Waals surface area contributed by atoms with E-state index in [0.29, 0.717) is 5.92 Å². The van der Waals surface area contributed by atoms with E-state index in [-0.39, 0.29) is 29.3 Å². The largest absolute Gasteiger partial charge is 0.444 e. The third-order valence-electron chi connectivity index (χ3n) is 6.22. The second kappa shape index (κ2) is 5.67. The first-order chi connectivity index (χ1) is 10.4. The van der Waals surface area contributed by atoms with Gasteiger partial charge in [0.05, 0.1) is 0 Å². The van der Waals surface area contributed by atoms with Crippen LogP contribution in [-0.2, 0) is 9.53 Å². The summed E-state index contributed by atoms with van der Waals surface area (Å²) in [6.45, 7) is 12.4. The first-order valence-electron chi connectivity index (χ1n) is 8.60. The van der Waals surface area contributed by atoms with Gasteiger partial charge in [-0.2, -0.15) is 0 Å². The van der Waals surface area contributed by atoms with E-state index in [1.165, 1.54) is 11.3 Å². The number of amides is 2. The van der Waals surface area contributed by atoms with Crippen LogP contribution in [0, 0.1) is 16.7 Å². The Morgan fingerprint density at radius 3 is 2.30 bits per heavy atom. The predicted octanol–water partition coefficient (Wildman–Crippen LogP) is 3.18. The Balaban J connectivity index is 1.90. The molecule has 0 saturated heterocycles. The van der Waals surface area contributed by atoms with E-state index < -0.39 is 11.7 Å². The second-order valence-corrected chi connectivity index (χ2v) is 9.07. The van der Waals surface area contributed by atoms with Crippen molar-refractivity contribution in [1.82, 2.24) is 10.2 Å². The predicted molar refractivity (Wildman–Crippen MR) is 90.0 cm³/mol. The second-order valence-electron chi connectivity index (χ2n) is 9.07. The minimum absolute atomic E-state index is 0.0343. The average Bonchev–Trinajstić information content (AvgIpc) is 2.69. The van der Waals surface area contributed by atoms with Crippen molar-refractivity contribution >= 4 is 12.0 Å². The van der Waals surface area contributed by atoms with Crippen molar-refractivity contribution in [1.29, 1.82) is 0 Å². The van der Waals surface area contributed by atoms with Gasteiger partial charge in [-0.3, -0.25) is 4.79 Å². The number of likely N-dealkylation sites (N-methyl/N-ethyl adjacent to an activating group) is 1. The molecule has 132 valence electrons. The number of carbonyl (C=O) groups excluding carboxylic acids is 2. The molecule has 23 heavy (non-hydrogen) atoms. The summed E-state index contributed by atoms with van der Waals surface area (Å²) in [6, 6.07) is 0.204. The molecule has 2 aliphatic rings. The van der Waals surface area contributed by atoms with Gasteiger partial charge in [-0.05, 0) is 56.8 Å². The fourth-order valence-electron chi connectivity index (χ4n) is 4.28. The molecule has 0 unspecified atom stereocenters. The highest BCUT2D eigenvalue weighted by Gasteiger charge is 2.61. The molecule has 0 aromatic rings. The van der Waals surface area contributed by atoms with Crippen LogP contribution in [0.4, 0.5) is 4.79 Å². The maximum atomic E-state index is 12.3. The van der Waals surface area contributed by atoms with Gasteiger partial charge < -0.3 is 15.0 Å². The van der Waals surface area contributed by atoms with Crippen molar-refractivity contribution < 1.29 is 14.3 Å². The van der Waals surface area contributed by atoms with Gasteiger partial charge in [0, 0.05) is 13.1 Å². The first-order valence-corrected chi connectivity index (χ1v) is 8.60. The molecule has 0 aliphatic heterocycles. The van der Waals surface area contributed by atoms with Gasteiger partial charge in [-0.25, -0.2) is 4.79 Å². The molecule has 2 bridgehead atoms. The molecule has 0 spiro atoms.